The fourth-order valence-corrected chi connectivity index (χ4v) is 3.35. The molecule has 3 aromatic rings. The van der Waals surface area contributed by atoms with Gasteiger partial charge in [-0.1, -0.05) is 42.8 Å². The molecule has 3 rings (SSSR count). The van der Waals surface area contributed by atoms with Crippen molar-refractivity contribution in [3.05, 3.63) is 76.7 Å². The van der Waals surface area contributed by atoms with Crippen LogP contribution in [0.3, 0.4) is 0 Å². The van der Waals surface area contributed by atoms with Gasteiger partial charge in [0.2, 0.25) is 0 Å². The van der Waals surface area contributed by atoms with Gasteiger partial charge in [-0.25, -0.2) is 4.39 Å². The van der Waals surface area contributed by atoms with Crippen LogP contribution >= 0.6 is 11.6 Å². The normalized spacial score (nSPS) is 15.7. The SMILES string of the molecule is CC(c1ccc(F)cc1Cl)C(O)(c1cnc2ccccc2c1)C(F)(F)F. The summed E-state index contributed by atoms with van der Waals surface area (Å²) in [6.45, 7) is 1.20. The maximum Gasteiger partial charge on any atom is 0.422 e. The Morgan fingerprint density at radius 2 is 1.77 bits per heavy atom. The van der Waals surface area contributed by atoms with E-state index in [1.807, 2.05) is 0 Å². The number of fused-ring (bicyclic) bond motifs is 1. The van der Waals surface area contributed by atoms with E-state index in [9.17, 15) is 22.7 Å². The molecule has 0 fully saturated rings. The molecule has 0 aliphatic rings. The Kier molecular flexibility index (Phi) is 4.67. The molecule has 26 heavy (non-hydrogen) atoms. The lowest BCUT2D eigenvalue weighted by Crippen LogP contribution is -2.46. The number of pyridine rings is 1. The van der Waals surface area contributed by atoms with Gasteiger partial charge in [-0.2, -0.15) is 13.2 Å². The van der Waals surface area contributed by atoms with Crippen LogP contribution in [0.15, 0.2) is 54.7 Å². The fourth-order valence-electron chi connectivity index (χ4n) is 3.02. The summed E-state index contributed by atoms with van der Waals surface area (Å²) in [5, 5.41) is 11.1. The molecule has 0 amide bonds. The lowest BCUT2D eigenvalue weighted by atomic mass is 9.78. The first kappa shape index (κ1) is 18.6. The first-order chi connectivity index (χ1) is 12.1. The van der Waals surface area contributed by atoms with Crippen molar-refractivity contribution in [2.75, 3.05) is 0 Å². The van der Waals surface area contributed by atoms with Gasteiger partial charge in [0.15, 0.2) is 5.60 Å². The largest absolute Gasteiger partial charge is 0.422 e. The summed E-state index contributed by atoms with van der Waals surface area (Å²) in [5.41, 5.74) is -3.16. The van der Waals surface area contributed by atoms with Crippen LogP contribution in [0.25, 0.3) is 10.9 Å². The minimum atomic E-state index is -5.01. The number of aliphatic hydroxyl groups is 1. The van der Waals surface area contributed by atoms with Crippen LogP contribution in [-0.2, 0) is 5.60 Å². The Morgan fingerprint density at radius 3 is 2.42 bits per heavy atom. The van der Waals surface area contributed by atoms with Crippen LogP contribution < -0.4 is 0 Å². The lowest BCUT2D eigenvalue weighted by molar-refractivity contribution is -0.274. The van der Waals surface area contributed by atoms with Crippen molar-refractivity contribution in [3.8, 4) is 0 Å². The summed E-state index contributed by atoms with van der Waals surface area (Å²) in [5.74, 6) is -2.16. The summed E-state index contributed by atoms with van der Waals surface area (Å²) >= 11 is 5.93. The molecule has 7 heteroatoms. The number of halogens is 5. The Labute approximate surface area is 152 Å². The van der Waals surface area contributed by atoms with E-state index in [0.29, 0.717) is 10.9 Å². The van der Waals surface area contributed by atoms with Gasteiger partial charge in [0.05, 0.1) is 5.52 Å². The molecule has 0 saturated carbocycles. The van der Waals surface area contributed by atoms with Gasteiger partial charge in [0, 0.05) is 28.1 Å². The standard InChI is InChI=1S/C19H14ClF4NO/c1-11(15-7-6-14(21)9-16(15)20)18(26,19(22,23)24)13-8-12-4-2-3-5-17(12)25-10-13/h2-11,26H,1H3. The quantitative estimate of drug-likeness (QED) is 0.599. The van der Waals surface area contributed by atoms with E-state index in [2.05, 4.69) is 4.98 Å². The average molecular weight is 384 g/mol. The zero-order valence-corrected chi connectivity index (χ0v) is 14.3. The number of hydrogen-bond donors (Lipinski definition) is 1. The molecule has 1 heterocycles. The smallest absolute Gasteiger partial charge is 0.376 e. The van der Waals surface area contributed by atoms with Crippen molar-refractivity contribution in [2.24, 2.45) is 0 Å². The van der Waals surface area contributed by atoms with Gasteiger partial charge in [0.25, 0.3) is 0 Å². The van der Waals surface area contributed by atoms with Crippen molar-refractivity contribution >= 4 is 22.5 Å². The van der Waals surface area contributed by atoms with E-state index in [0.717, 1.165) is 24.4 Å². The third-order valence-electron chi connectivity index (χ3n) is 4.52. The predicted octanol–water partition coefficient (Wildman–Crippen LogP) is 5.58. The van der Waals surface area contributed by atoms with E-state index >= 15 is 0 Å². The zero-order valence-electron chi connectivity index (χ0n) is 13.6. The Bertz CT molecular complexity index is 960. The number of rotatable bonds is 3. The number of hydrogen-bond acceptors (Lipinski definition) is 2. The molecule has 0 bridgehead atoms. The molecule has 0 spiro atoms. The molecule has 0 aliphatic carbocycles. The molecule has 2 aromatic carbocycles. The second kappa shape index (κ2) is 6.52. The van der Waals surface area contributed by atoms with Crippen molar-refractivity contribution in [3.63, 3.8) is 0 Å². The van der Waals surface area contributed by atoms with Crippen molar-refractivity contribution in [1.82, 2.24) is 4.98 Å². The van der Waals surface area contributed by atoms with Crippen LogP contribution in [-0.4, -0.2) is 16.3 Å². The minimum Gasteiger partial charge on any atom is -0.376 e. The third-order valence-corrected chi connectivity index (χ3v) is 4.85. The topological polar surface area (TPSA) is 33.1 Å². The third kappa shape index (κ3) is 3.04. The van der Waals surface area contributed by atoms with Crippen LogP contribution in [0.4, 0.5) is 17.6 Å². The molecule has 2 nitrogen and oxygen atoms in total. The van der Waals surface area contributed by atoms with Crippen LogP contribution in [0.1, 0.15) is 24.0 Å². The van der Waals surface area contributed by atoms with E-state index in [-0.39, 0.29) is 10.6 Å². The van der Waals surface area contributed by atoms with Gasteiger partial charge in [-0.15, -0.1) is 0 Å². The molecule has 1 N–H and O–H groups in total. The molecular weight excluding hydrogens is 370 g/mol. The van der Waals surface area contributed by atoms with Crippen molar-refractivity contribution in [2.45, 2.75) is 24.6 Å². The number of benzene rings is 2. The minimum absolute atomic E-state index is 0.0129. The highest BCUT2D eigenvalue weighted by molar-refractivity contribution is 6.31. The number of aromatic nitrogens is 1. The summed E-state index contributed by atoms with van der Waals surface area (Å²) in [7, 11) is 0. The molecular formula is C19H14ClF4NO. The Morgan fingerprint density at radius 1 is 1.08 bits per heavy atom. The van der Waals surface area contributed by atoms with E-state index in [4.69, 9.17) is 11.6 Å². The van der Waals surface area contributed by atoms with Gasteiger partial charge < -0.3 is 5.11 Å². The van der Waals surface area contributed by atoms with Crippen molar-refractivity contribution < 1.29 is 22.7 Å². The van der Waals surface area contributed by atoms with E-state index in [1.165, 1.54) is 13.0 Å². The molecule has 0 radical (unpaired) electrons. The maximum atomic E-state index is 13.9. The fraction of sp³-hybridized carbons (Fsp3) is 0.211. The van der Waals surface area contributed by atoms with Gasteiger partial charge in [0.1, 0.15) is 5.82 Å². The first-order valence-corrected chi connectivity index (χ1v) is 8.11. The molecule has 0 aliphatic heterocycles. The maximum absolute atomic E-state index is 13.9. The second-order valence-corrected chi connectivity index (χ2v) is 6.48. The molecule has 0 saturated heterocycles. The first-order valence-electron chi connectivity index (χ1n) is 7.74. The highest BCUT2D eigenvalue weighted by Gasteiger charge is 2.59. The van der Waals surface area contributed by atoms with Crippen LogP contribution in [0, 0.1) is 5.82 Å². The highest BCUT2D eigenvalue weighted by atomic mass is 35.5. The van der Waals surface area contributed by atoms with Gasteiger partial charge in [-0.05, 0) is 29.8 Å². The van der Waals surface area contributed by atoms with Crippen molar-refractivity contribution in [1.29, 1.82) is 0 Å². The molecule has 1 aromatic heterocycles. The Balaban J connectivity index is 2.19. The molecule has 2 unspecified atom stereocenters. The zero-order chi connectivity index (χ0) is 19.1. The van der Waals surface area contributed by atoms with E-state index < -0.39 is 29.1 Å². The second-order valence-electron chi connectivity index (χ2n) is 6.07. The molecule has 2 atom stereocenters. The number of nitrogens with zero attached hydrogens (tertiary/aromatic N) is 1. The lowest BCUT2D eigenvalue weighted by Gasteiger charge is -2.36. The predicted molar refractivity (Wildman–Crippen MR) is 91.5 cm³/mol. The van der Waals surface area contributed by atoms with Crippen LogP contribution in [0.5, 0.6) is 0 Å². The van der Waals surface area contributed by atoms with Gasteiger partial charge >= 0.3 is 6.18 Å². The van der Waals surface area contributed by atoms with E-state index in [1.54, 1.807) is 24.3 Å². The van der Waals surface area contributed by atoms with Gasteiger partial charge in [-0.3, -0.25) is 4.98 Å². The average Bonchev–Trinajstić information content (AvgIpc) is 2.59. The Hall–Kier alpha value is -2.18. The summed E-state index contributed by atoms with van der Waals surface area (Å²) in [6, 6.07) is 11.0. The summed E-state index contributed by atoms with van der Waals surface area (Å²) < 4.78 is 55.1. The molecule has 136 valence electrons. The van der Waals surface area contributed by atoms with Crippen LogP contribution in [0.2, 0.25) is 5.02 Å². The highest BCUT2D eigenvalue weighted by Crippen LogP contribution is 2.49. The monoisotopic (exact) mass is 383 g/mol. The number of alkyl halides is 3. The summed E-state index contributed by atoms with van der Waals surface area (Å²) in [4.78, 5) is 4.02. The number of para-hydroxylation sites is 1. The summed E-state index contributed by atoms with van der Waals surface area (Å²) in [6.07, 6.45) is -4.00.